The molecule has 145 valence electrons. The van der Waals surface area contributed by atoms with Crippen LogP contribution in [-0.2, 0) is 11.0 Å². The maximum atomic E-state index is 13.5. The van der Waals surface area contributed by atoms with Gasteiger partial charge in [-0.3, -0.25) is 5.11 Å². The number of benzene rings is 1. The van der Waals surface area contributed by atoms with E-state index in [1.54, 1.807) is 12.1 Å². The smallest absolute Gasteiger partial charge is 0.406 e. The van der Waals surface area contributed by atoms with Crippen LogP contribution in [0.25, 0.3) is 0 Å². The lowest BCUT2D eigenvalue weighted by Crippen LogP contribution is -2.36. The molecule has 27 heavy (non-hydrogen) atoms. The van der Waals surface area contributed by atoms with E-state index in [0.717, 1.165) is 6.07 Å². The number of hydrogen-bond acceptors (Lipinski definition) is 3. The van der Waals surface area contributed by atoms with Crippen LogP contribution >= 0.6 is 0 Å². The quantitative estimate of drug-likeness (QED) is 0.690. The maximum Gasteiger partial charge on any atom is 0.458 e. The minimum atomic E-state index is -5.67. The molecule has 1 aromatic carbocycles. The summed E-state index contributed by atoms with van der Waals surface area (Å²) >= 11 is 0. The predicted molar refractivity (Wildman–Crippen MR) is 84.9 cm³/mol. The Labute approximate surface area is 152 Å². The van der Waals surface area contributed by atoms with Crippen molar-refractivity contribution >= 4 is 0 Å². The molecule has 9 heteroatoms. The van der Waals surface area contributed by atoms with E-state index in [0.29, 0.717) is 43.8 Å². The molecule has 0 saturated carbocycles. The number of nitrogens with zero attached hydrogens (tertiary/aromatic N) is 2. The molecule has 0 N–H and O–H groups in total. The molecule has 2 aromatic rings. The average Bonchev–Trinajstić information content (AvgIpc) is 2.62. The van der Waals surface area contributed by atoms with Gasteiger partial charge in [-0.2, -0.15) is 22.0 Å². The Morgan fingerprint density at radius 1 is 1.00 bits per heavy atom. The third-order valence-electron chi connectivity index (χ3n) is 4.40. The lowest BCUT2D eigenvalue weighted by Gasteiger charge is -2.31. The van der Waals surface area contributed by atoms with Crippen LogP contribution in [-0.4, -0.2) is 29.3 Å². The fraction of sp³-hybridized carbons (Fsp3) is 0.389. The number of pyridine rings is 1. The van der Waals surface area contributed by atoms with Gasteiger partial charge in [0.25, 0.3) is 5.88 Å². The van der Waals surface area contributed by atoms with Crippen molar-refractivity contribution in [1.82, 2.24) is 10.0 Å². The van der Waals surface area contributed by atoms with Crippen molar-refractivity contribution in [3.8, 4) is 11.6 Å². The number of alkyl halides is 5. The lowest BCUT2D eigenvalue weighted by molar-refractivity contribution is -0.289. The summed E-state index contributed by atoms with van der Waals surface area (Å²) in [4.78, 5) is 9.42. The van der Waals surface area contributed by atoms with Crippen LogP contribution in [0.4, 0.5) is 22.0 Å². The van der Waals surface area contributed by atoms with Gasteiger partial charge in [-0.25, -0.2) is 4.98 Å². The Kier molecular flexibility index (Phi) is 5.23. The van der Waals surface area contributed by atoms with Crippen LogP contribution in [0.2, 0.25) is 0 Å². The summed E-state index contributed by atoms with van der Waals surface area (Å²) in [7, 11) is 0. The lowest BCUT2D eigenvalue weighted by atomic mass is 9.94. The fourth-order valence-electron chi connectivity index (χ4n) is 2.96. The second kappa shape index (κ2) is 7.30. The molecule has 0 bridgehead atoms. The van der Waals surface area contributed by atoms with Crippen LogP contribution in [0.3, 0.4) is 0 Å². The normalized spacial score (nSPS) is 17.1. The molecule has 3 rings (SSSR count). The molecule has 4 nitrogen and oxygen atoms in total. The Morgan fingerprint density at radius 2 is 1.67 bits per heavy atom. The molecular formula is C18H16F5N2O2. The second-order valence-electron chi connectivity index (χ2n) is 6.30. The highest BCUT2D eigenvalue weighted by Gasteiger charge is 2.58. The molecular weight excluding hydrogens is 371 g/mol. The molecule has 1 aliphatic heterocycles. The van der Waals surface area contributed by atoms with E-state index >= 15 is 0 Å². The van der Waals surface area contributed by atoms with E-state index < -0.39 is 17.7 Å². The van der Waals surface area contributed by atoms with Gasteiger partial charge in [0.15, 0.2) is 0 Å². The molecule has 2 heterocycles. The first-order valence-electron chi connectivity index (χ1n) is 8.29. The molecule has 0 atom stereocenters. The van der Waals surface area contributed by atoms with Crippen molar-refractivity contribution in [2.75, 3.05) is 13.1 Å². The van der Waals surface area contributed by atoms with Gasteiger partial charge in [0, 0.05) is 36.3 Å². The van der Waals surface area contributed by atoms with Crippen molar-refractivity contribution in [3.63, 3.8) is 0 Å². The van der Waals surface area contributed by atoms with E-state index in [1.165, 1.54) is 17.2 Å². The van der Waals surface area contributed by atoms with Gasteiger partial charge in [-0.05, 0) is 31.0 Å². The third kappa shape index (κ3) is 4.29. The van der Waals surface area contributed by atoms with Crippen molar-refractivity contribution in [2.24, 2.45) is 0 Å². The summed E-state index contributed by atoms with van der Waals surface area (Å²) in [6, 6.07) is 8.61. The predicted octanol–water partition coefficient (Wildman–Crippen LogP) is 5.05. The highest BCUT2D eigenvalue weighted by atomic mass is 19.4. The van der Waals surface area contributed by atoms with Gasteiger partial charge < -0.3 is 4.84 Å². The van der Waals surface area contributed by atoms with Crippen LogP contribution in [0.1, 0.15) is 30.0 Å². The largest absolute Gasteiger partial charge is 0.458 e. The van der Waals surface area contributed by atoms with Crippen LogP contribution in [0.5, 0.6) is 11.6 Å². The summed E-state index contributed by atoms with van der Waals surface area (Å²) in [5.41, 5.74) is -0.479. The van der Waals surface area contributed by atoms with Gasteiger partial charge in [0.1, 0.15) is 5.75 Å². The van der Waals surface area contributed by atoms with Gasteiger partial charge in [-0.1, -0.05) is 18.2 Å². The minimum Gasteiger partial charge on any atom is -0.406 e. The van der Waals surface area contributed by atoms with E-state index in [9.17, 15) is 27.1 Å². The summed E-state index contributed by atoms with van der Waals surface area (Å²) in [6.07, 6.45) is -4.43. The topological polar surface area (TPSA) is 45.3 Å². The van der Waals surface area contributed by atoms with Crippen LogP contribution < -0.4 is 4.84 Å². The number of hydroxylamine groups is 2. The van der Waals surface area contributed by atoms with E-state index in [2.05, 4.69) is 4.98 Å². The molecule has 1 fully saturated rings. The SMILES string of the molecule is [O]c1cccc(C2CCN(Oc3cccc(C(F)(F)C(F)(F)F)c3)CC2)n1. The zero-order valence-corrected chi connectivity index (χ0v) is 14.0. The van der Waals surface area contributed by atoms with Crippen molar-refractivity contribution < 1.29 is 31.9 Å². The first kappa shape index (κ1) is 19.3. The van der Waals surface area contributed by atoms with Gasteiger partial charge in [0.2, 0.25) is 0 Å². The Bertz CT molecular complexity index is 789. The zero-order chi connectivity index (χ0) is 19.7. The molecule has 1 saturated heterocycles. The summed E-state index contributed by atoms with van der Waals surface area (Å²) in [5.74, 6) is -5.28. The molecule has 0 aliphatic carbocycles. The second-order valence-corrected chi connectivity index (χ2v) is 6.30. The summed E-state index contributed by atoms with van der Waals surface area (Å²) in [5, 5.41) is 12.8. The minimum absolute atomic E-state index is 0.0691. The highest BCUT2D eigenvalue weighted by Crippen LogP contribution is 2.44. The maximum absolute atomic E-state index is 13.5. The van der Waals surface area contributed by atoms with Crippen LogP contribution in [0, 0.1) is 0 Å². The van der Waals surface area contributed by atoms with E-state index in [-0.39, 0.29) is 17.5 Å². The van der Waals surface area contributed by atoms with E-state index in [4.69, 9.17) is 4.84 Å². The van der Waals surface area contributed by atoms with Crippen molar-refractivity contribution in [2.45, 2.75) is 30.9 Å². The first-order valence-corrected chi connectivity index (χ1v) is 8.29. The number of rotatable bonds is 4. The first-order chi connectivity index (χ1) is 12.7. The molecule has 1 radical (unpaired) electrons. The molecule has 1 aliphatic rings. The highest BCUT2D eigenvalue weighted by molar-refractivity contribution is 5.32. The van der Waals surface area contributed by atoms with Crippen molar-refractivity contribution in [3.05, 3.63) is 53.7 Å². The average molecular weight is 387 g/mol. The molecule has 0 spiro atoms. The number of piperidine rings is 1. The Morgan fingerprint density at radius 3 is 2.30 bits per heavy atom. The number of hydrogen-bond donors (Lipinski definition) is 0. The zero-order valence-electron chi connectivity index (χ0n) is 14.0. The number of aromatic nitrogens is 1. The Hall–Kier alpha value is -2.42. The summed E-state index contributed by atoms with van der Waals surface area (Å²) < 4.78 is 64.5. The van der Waals surface area contributed by atoms with Gasteiger partial charge in [-0.15, -0.1) is 5.06 Å². The standard InChI is InChI=1S/C18H16F5N2O2/c19-17(20,18(21,22)23)13-3-1-4-14(11-13)27-25-9-7-12(8-10-25)15-5-2-6-16(26)24-15/h1-6,11-12H,7-10H2. The van der Waals surface area contributed by atoms with Crippen molar-refractivity contribution in [1.29, 1.82) is 0 Å². The van der Waals surface area contributed by atoms with Gasteiger partial charge in [0.05, 0.1) is 0 Å². The van der Waals surface area contributed by atoms with Crippen LogP contribution in [0.15, 0.2) is 42.5 Å². The third-order valence-corrected chi connectivity index (χ3v) is 4.40. The number of halogens is 5. The van der Waals surface area contributed by atoms with E-state index in [1.807, 2.05) is 0 Å². The fourth-order valence-corrected chi connectivity index (χ4v) is 2.96. The molecule has 1 aromatic heterocycles. The molecule has 0 unspecified atom stereocenters. The monoisotopic (exact) mass is 387 g/mol. The summed E-state index contributed by atoms with van der Waals surface area (Å²) in [6.45, 7) is 0.852. The molecule has 0 amide bonds. The van der Waals surface area contributed by atoms with Gasteiger partial charge >= 0.3 is 12.1 Å². The Balaban J connectivity index is 1.63.